The minimum atomic E-state index is -0.281. The first-order chi connectivity index (χ1) is 15.3. The van der Waals surface area contributed by atoms with Crippen molar-refractivity contribution >= 4 is 21.9 Å². The molecular weight excluding hydrogens is 391 g/mol. The zero-order valence-corrected chi connectivity index (χ0v) is 16.2. The third kappa shape index (κ3) is 2.86. The Morgan fingerprint density at radius 1 is 0.839 bits per heavy atom. The summed E-state index contributed by atoms with van der Waals surface area (Å²) in [5.41, 5.74) is 5.95. The number of rotatable bonds is 3. The van der Waals surface area contributed by atoms with Crippen molar-refractivity contribution in [2.24, 2.45) is 0 Å². The van der Waals surface area contributed by atoms with E-state index in [9.17, 15) is 4.39 Å². The van der Waals surface area contributed by atoms with E-state index in [1.54, 1.807) is 30.7 Å². The van der Waals surface area contributed by atoms with Gasteiger partial charge in [0, 0.05) is 34.5 Å². The van der Waals surface area contributed by atoms with Gasteiger partial charge in [0.15, 0.2) is 5.82 Å². The van der Waals surface area contributed by atoms with Crippen molar-refractivity contribution in [3.05, 3.63) is 85.1 Å². The van der Waals surface area contributed by atoms with Crippen LogP contribution < -0.4 is 0 Å². The standard InChI is InChI=1S/C24H15FN6/c25-18-8-2-1-6-15(18)16-7-3-9-19-22(16)29-24(28-19)23-17-11-20(14-5-4-10-26-12-14)27-13-21(17)30-31-23/h1-13H,(H,28,29)(H,30,31). The zero-order valence-electron chi connectivity index (χ0n) is 16.2. The van der Waals surface area contributed by atoms with Crippen LogP contribution >= 0.6 is 0 Å². The van der Waals surface area contributed by atoms with Crippen molar-refractivity contribution in [2.75, 3.05) is 0 Å². The molecule has 0 saturated carbocycles. The largest absolute Gasteiger partial charge is 0.337 e. The molecule has 4 heterocycles. The molecule has 0 bridgehead atoms. The van der Waals surface area contributed by atoms with E-state index in [0.29, 0.717) is 22.6 Å². The highest BCUT2D eigenvalue weighted by molar-refractivity contribution is 5.97. The number of nitrogens with zero attached hydrogens (tertiary/aromatic N) is 4. The minimum Gasteiger partial charge on any atom is -0.337 e. The molecule has 31 heavy (non-hydrogen) atoms. The molecule has 148 valence electrons. The predicted octanol–water partition coefficient (Wildman–Crippen LogP) is 5.37. The van der Waals surface area contributed by atoms with Gasteiger partial charge >= 0.3 is 0 Å². The summed E-state index contributed by atoms with van der Waals surface area (Å²) in [5, 5.41) is 8.37. The van der Waals surface area contributed by atoms with Crippen LogP contribution in [-0.2, 0) is 0 Å². The second-order valence-corrected chi connectivity index (χ2v) is 7.20. The molecule has 0 unspecified atom stereocenters. The Balaban J connectivity index is 1.53. The van der Waals surface area contributed by atoms with Gasteiger partial charge < -0.3 is 4.98 Å². The summed E-state index contributed by atoms with van der Waals surface area (Å²) in [7, 11) is 0. The summed E-state index contributed by atoms with van der Waals surface area (Å²) in [6.45, 7) is 0. The average molecular weight is 406 g/mol. The molecule has 6 aromatic rings. The lowest BCUT2D eigenvalue weighted by Crippen LogP contribution is -1.86. The highest BCUT2D eigenvalue weighted by Gasteiger charge is 2.17. The van der Waals surface area contributed by atoms with Crippen molar-refractivity contribution in [1.82, 2.24) is 30.1 Å². The maximum absolute atomic E-state index is 14.4. The second-order valence-electron chi connectivity index (χ2n) is 7.20. The monoisotopic (exact) mass is 406 g/mol. The molecule has 4 aromatic heterocycles. The summed E-state index contributed by atoms with van der Waals surface area (Å²) in [6.07, 6.45) is 5.25. The van der Waals surface area contributed by atoms with E-state index >= 15 is 0 Å². The van der Waals surface area contributed by atoms with Crippen LogP contribution in [-0.4, -0.2) is 30.1 Å². The fourth-order valence-corrected chi connectivity index (χ4v) is 3.81. The van der Waals surface area contributed by atoms with Crippen molar-refractivity contribution in [3.8, 4) is 33.9 Å². The van der Waals surface area contributed by atoms with Crippen LogP contribution in [0.4, 0.5) is 4.39 Å². The van der Waals surface area contributed by atoms with Crippen molar-refractivity contribution in [3.63, 3.8) is 0 Å². The number of halogens is 1. The van der Waals surface area contributed by atoms with E-state index in [4.69, 9.17) is 4.98 Å². The molecule has 0 atom stereocenters. The van der Waals surface area contributed by atoms with Crippen LogP contribution in [0, 0.1) is 5.82 Å². The van der Waals surface area contributed by atoms with Crippen LogP contribution in [0.2, 0.25) is 0 Å². The Bertz CT molecular complexity index is 1550. The van der Waals surface area contributed by atoms with Gasteiger partial charge in [-0.1, -0.05) is 30.3 Å². The first-order valence-corrected chi connectivity index (χ1v) is 9.76. The molecule has 0 aliphatic carbocycles. The summed E-state index contributed by atoms with van der Waals surface area (Å²) >= 11 is 0. The number of hydrogen-bond acceptors (Lipinski definition) is 4. The van der Waals surface area contributed by atoms with E-state index in [1.807, 2.05) is 42.5 Å². The van der Waals surface area contributed by atoms with Crippen molar-refractivity contribution in [2.45, 2.75) is 0 Å². The number of pyridine rings is 2. The van der Waals surface area contributed by atoms with Crippen LogP contribution in [0.1, 0.15) is 0 Å². The number of imidazole rings is 1. The molecular formula is C24H15FN6. The Morgan fingerprint density at radius 3 is 2.61 bits per heavy atom. The molecule has 0 amide bonds. The topological polar surface area (TPSA) is 83.1 Å². The summed E-state index contributed by atoms with van der Waals surface area (Å²) in [6, 6.07) is 18.2. The molecule has 0 fully saturated rings. The van der Waals surface area contributed by atoms with Crippen molar-refractivity contribution < 1.29 is 4.39 Å². The number of nitrogens with one attached hydrogen (secondary N) is 2. The van der Waals surface area contributed by atoms with Crippen LogP contribution in [0.3, 0.4) is 0 Å². The van der Waals surface area contributed by atoms with Gasteiger partial charge in [0.1, 0.15) is 11.5 Å². The molecule has 0 saturated heterocycles. The number of aromatic nitrogens is 6. The molecule has 7 heteroatoms. The Kier molecular flexibility index (Phi) is 3.86. The van der Waals surface area contributed by atoms with Gasteiger partial charge in [-0.05, 0) is 30.3 Å². The Labute approximate surface area is 175 Å². The molecule has 2 N–H and O–H groups in total. The molecule has 0 aliphatic heterocycles. The van der Waals surface area contributed by atoms with Gasteiger partial charge in [-0.2, -0.15) is 5.10 Å². The number of hydrogen-bond donors (Lipinski definition) is 2. The molecule has 0 aliphatic rings. The predicted molar refractivity (Wildman–Crippen MR) is 118 cm³/mol. The highest BCUT2D eigenvalue weighted by atomic mass is 19.1. The Morgan fingerprint density at radius 2 is 1.74 bits per heavy atom. The molecule has 6 nitrogen and oxygen atoms in total. The maximum Gasteiger partial charge on any atom is 0.159 e. The fourth-order valence-electron chi connectivity index (χ4n) is 3.81. The van der Waals surface area contributed by atoms with Gasteiger partial charge in [0.05, 0.1) is 28.4 Å². The van der Waals surface area contributed by atoms with E-state index in [-0.39, 0.29) is 5.82 Å². The Hall–Kier alpha value is -4.39. The third-order valence-electron chi connectivity index (χ3n) is 5.31. The van der Waals surface area contributed by atoms with Gasteiger partial charge in [0.25, 0.3) is 0 Å². The lowest BCUT2D eigenvalue weighted by Gasteiger charge is -2.03. The number of aromatic amines is 2. The maximum atomic E-state index is 14.4. The van der Waals surface area contributed by atoms with E-state index in [0.717, 1.165) is 33.2 Å². The number of benzene rings is 2. The van der Waals surface area contributed by atoms with Gasteiger partial charge in [0.2, 0.25) is 0 Å². The molecule has 2 aromatic carbocycles. The lowest BCUT2D eigenvalue weighted by molar-refractivity contribution is 0.631. The third-order valence-corrected chi connectivity index (χ3v) is 5.31. The SMILES string of the molecule is Fc1ccccc1-c1cccc2[nH]c(-c3n[nH]c4cnc(-c5cccnc5)cc34)nc12. The van der Waals surface area contributed by atoms with Gasteiger partial charge in [-0.3, -0.25) is 15.1 Å². The highest BCUT2D eigenvalue weighted by Crippen LogP contribution is 2.33. The van der Waals surface area contributed by atoms with Gasteiger partial charge in [-0.25, -0.2) is 9.37 Å². The first-order valence-electron chi connectivity index (χ1n) is 9.76. The van der Waals surface area contributed by atoms with Gasteiger partial charge in [-0.15, -0.1) is 0 Å². The minimum absolute atomic E-state index is 0.281. The zero-order chi connectivity index (χ0) is 20.8. The van der Waals surface area contributed by atoms with E-state index in [2.05, 4.69) is 25.1 Å². The fraction of sp³-hybridized carbons (Fsp3) is 0. The normalized spacial score (nSPS) is 11.4. The molecule has 6 rings (SSSR count). The molecule has 0 radical (unpaired) electrons. The second kappa shape index (κ2) is 6.84. The van der Waals surface area contributed by atoms with E-state index < -0.39 is 0 Å². The van der Waals surface area contributed by atoms with Crippen LogP contribution in [0.25, 0.3) is 55.8 Å². The van der Waals surface area contributed by atoms with E-state index in [1.165, 1.54) is 6.07 Å². The van der Waals surface area contributed by atoms with Crippen molar-refractivity contribution in [1.29, 1.82) is 0 Å². The summed E-state index contributed by atoms with van der Waals surface area (Å²) < 4.78 is 14.4. The number of H-pyrrole nitrogens is 2. The average Bonchev–Trinajstić information content (AvgIpc) is 3.43. The summed E-state index contributed by atoms with van der Waals surface area (Å²) in [5.74, 6) is 0.324. The number of fused-ring (bicyclic) bond motifs is 2. The smallest absolute Gasteiger partial charge is 0.159 e. The summed E-state index contributed by atoms with van der Waals surface area (Å²) in [4.78, 5) is 16.8. The number of para-hydroxylation sites is 1. The first kappa shape index (κ1) is 17.5. The van der Waals surface area contributed by atoms with Crippen LogP contribution in [0.15, 0.2) is 79.3 Å². The quantitative estimate of drug-likeness (QED) is 0.414. The lowest BCUT2D eigenvalue weighted by atomic mass is 10.0. The molecule has 0 spiro atoms. The van der Waals surface area contributed by atoms with Crippen LogP contribution in [0.5, 0.6) is 0 Å².